The standard InChI is InChI=1S/C54H37N/c1-36-19-21-38(22-20-36)40-25-30-43(31-26-40)55(42-28-23-39(24-29-42)37-11-3-2-4-12-37)44-32-34-48-49-33-27-41-13-5-6-14-45(41)53(49)54(52(48)35-44)50-17-9-7-15-46(50)47-16-8-10-18-51(47)54/h2-35H,1H3. The maximum atomic E-state index is 2.49. The fourth-order valence-electron chi connectivity index (χ4n) is 9.48. The maximum absolute atomic E-state index is 2.49. The quantitative estimate of drug-likeness (QED) is 0.173. The third-order valence-electron chi connectivity index (χ3n) is 12.0. The second kappa shape index (κ2) is 12.3. The molecule has 2 aliphatic rings. The Balaban J connectivity index is 1.15. The second-order valence-corrected chi connectivity index (χ2v) is 14.9. The molecular formula is C54H37N. The summed E-state index contributed by atoms with van der Waals surface area (Å²) in [7, 11) is 0. The summed E-state index contributed by atoms with van der Waals surface area (Å²) in [4.78, 5) is 2.43. The third-order valence-corrected chi connectivity index (χ3v) is 12.0. The van der Waals surface area contributed by atoms with Crippen molar-refractivity contribution in [2.75, 3.05) is 4.90 Å². The molecule has 9 aromatic rings. The lowest BCUT2D eigenvalue weighted by molar-refractivity contribution is 0.801. The molecule has 0 amide bonds. The SMILES string of the molecule is Cc1ccc(-c2ccc(N(c3ccc(-c4ccccc4)cc3)c3ccc4c(c3)C3(c5ccccc5-c5ccccc53)c3c-4ccc4ccccc34)cc2)cc1. The zero-order valence-corrected chi connectivity index (χ0v) is 30.6. The number of hydrogen-bond donors (Lipinski definition) is 0. The summed E-state index contributed by atoms with van der Waals surface area (Å²) in [6.45, 7) is 2.14. The molecule has 0 radical (unpaired) electrons. The van der Waals surface area contributed by atoms with E-state index in [1.165, 1.54) is 83.1 Å². The highest BCUT2D eigenvalue weighted by Crippen LogP contribution is 2.64. The molecular weight excluding hydrogens is 663 g/mol. The van der Waals surface area contributed by atoms with Crippen molar-refractivity contribution < 1.29 is 0 Å². The minimum absolute atomic E-state index is 0.465. The van der Waals surface area contributed by atoms with Gasteiger partial charge in [-0.05, 0) is 121 Å². The Bertz CT molecular complexity index is 2860. The van der Waals surface area contributed by atoms with Gasteiger partial charge in [0.15, 0.2) is 0 Å². The summed E-state index contributed by atoms with van der Waals surface area (Å²) >= 11 is 0. The number of nitrogens with zero attached hydrogens (tertiary/aromatic N) is 1. The molecule has 0 heterocycles. The molecule has 1 spiro atoms. The first-order valence-corrected chi connectivity index (χ1v) is 19.2. The number of hydrogen-bond acceptors (Lipinski definition) is 1. The van der Waals surface area contributed by atoms with Crippen LogP contribution in [0.15, 0.2) is 206 Å². The molecule has 1 heteroatoms. The summed E-state index contributed by atoms with van der Waals surface area (Å²) in [6, 6.07) is 76.4. The van der Waals surface area contributed by atoms with Crippen LogP contribution in [0.3, 0.4) is 0 Å². The number of anilines is 3. The van der Waals surface area contributed by atoms with E-state index in [4.69, 9.17) is 0 Å². The summed E-state index contributed by atoms with van der Waals surface area (Å²) in [5, 5.41) is 2.58. The molecule has 55 heavy (non-hydrogen) atoms. The number of fused-ring (bicyclic) bond motifs is 12. The van der Waals surface area contributed by atoms with Gasteiger partial charge in [-0.1, -0.05) is 175 Å². The number of benzene rings is 9. The van der Waals surface area contributed by atoms with Gasteiger partial charge in [-0.25, -0.2) is 0 Å². The molecule has 9 aromatic carbocycles. The summed E-state index contributed by atoms with van der Waals surface area (Å²) in [5.74, 6) is 0. The van der Waals surface area contributed by atoms with Gasteiger partial charge in [0.05, 0.1) is 5.41 Å². The van der Waals surface area contributed by atoms with Gasteiger partial charge < -0.3 is 4.90 Å². The summed E-state index contributed by atoms with van der Waals surface area (Å²) < 4.78 is 0. The van der Waals surface area contributed by atoms with Gasteiger partial charge in [0.2, 0.25) is 0 Å². The molecule has 0 bridgehead atoms. The molecule has 0 saturated carbocycles. The van der Waals surface area contributed by atoms with E-state index < -0.39 is 5.41 Å². The minimum Gasteiger partial charge on any atom is -0.310 e. The molecule has 11 rings (SSSR count). The average molecular weight is 700 g/mol. The minimum atomic E-state index is -0.465. The molecule has 0 aliphatic heterocycles. The maximum Gasteiger partial charge on any atom is 0.0732 e. The van der Waals surface area contributed by atoms with E-state index in [-0.39, 0.29) is 0 Å². The van der Waals surface area contributed by atoms with Crippen molar-refractivity contribution in [1.29, 1.82) is 0 Å². The molecule has 1 nitrogen and oxygen atoms in total. The highest BCUT2D eigenvalue weighted by atomic mass is 15.1. The van der Waals surface area contributed by atoms with Gasteiger partial charge in [-0.3, -0.25) is 0 Å². The number of aryl methyl sites for hydroxylation is 1. The van der Waals surface area contributed by atoms with E-state index >= 15 is 0 Å². The zero-order chi connectivity index (χ0) is 36.5. The highest BCUT2D eigenvalue weighted by molar-refractivity contribution is 6.04. The van der Waals surface area contributed by atoms with Gasteiger partial charge >= 0.3 is 0 Å². The predicted molar refractivity (Wildman–Crippen MR) is 231 cm³/mol. The fraction of sp³-hybridized carbons (Fsp3) is 0.0370. The highest BCUT2D eigenvalue weighted by Gasteiger charge is 2.52. The van der Waals surface area contributed by atoms with Crippen LogP contribution in [-0.2, 0) is 5.41 Å². The van der Waals surface area contributed by atoms with Gasteiger partial charge in [-0.2, -0.15) is 0 Å². The lowest BCUT2D eigenvalue weighted by atomic mass is 9.69. The number of rotatable bonds is 5. The van der Waals surface area contributed by atoms with E-state index in [2.05, 4.69) is 218 Å². The molecule has 258 valence electrons. The summed E-state index contributed by atoms with van der Waals surface area (Å²) in [5.41, 5.74) is 19.7. The van der Waals surface area contributed by atoms with Gasteiger partial charge in [-0.15, -0.1) is 0 Å². The lowest BCUT2D eigenvalue weighted by Gasteiger charge is -2.33. The van der Waals surface area contributed by atoms with E-state index in [0.29, 0.717) is 0 Å². The van der Waals surface area contributed by atoms with Crippen molar-refractivity contribution in [1.82, 2.24) is 0 Å². The first-order valence-electron chi connectivity index (χ1n) is 19.2. The Kier molecular flexibility index (Phi) is 7.06. The van der Waals surface area contributed by atoms with Crippen molar-refractivity contribution in [2.45, 2.75) is 12.3 Å². The topological polar surface area (TPSA) is 3.24 Å². The monoisotopic (exact) mass is 699 g/mol. The molecule has 0 aromatic heterocycles. The van der Waals surface area contributed by atoms with Gasteiger partial charge in [0, 0.05) is 17.1 Å². The first-order chi connectivity index (χ1) is 27.2. The Morgan fingerprint density at radius 3 is 1.45 bits per heavy atom. The van der Waals surface area contributed by atoms with Crippen molar-refractivity contribution in [2.24, 2.45) is 0 Å². The Morgan fingerprint density at radius 1 is 0.345 bits per heavy atom. The molecule has 0 N–H and O–H groups in total. The van der Waals surface area contributed by atoms with Crippen LogP contribution in [0.5, 0.6) is 0 Å². The fourth-order valence-corrected chi connectivity index (χ4v) is 9.48. The molecule has 0 atom stereocenters. The van der Waals surface area contributed by atoms with Crippen molar-refractivity contribution in [3.8, 4) is 44.5 Å². The van der Waals surface area contributed by atoms with Gasteiger partial charge in [0.1, 0.15) is 0 Å². The van der Waals surface area contributed by atoms with Crippen LogP contribution in [0.25, 0.3) is 55.3 Å². The molecule has 0 unspecified atom stereocenters. The van der Waals surface area contributed by atoms with Crippen molar-refractivity contribution in [3.63, 3.8) is 0 Å². The zero-order valence-electron chi connectivity index (χ0n) is 30.6. The van der Waals surface area contributed by atoms with Crippen LogP contribution < -0.4 is 4.90 Å². The van der Waals surface area contributed by atoms with Crippen LogP contribution in [0.1, 0.15) is 27.8 Å². The van der Waals surface area contributed by atoms with Crippen LogP contribution in [-0.4, -0.2) is 0 Å². The van der Waals surface area contributed by atoms with Crippen molar-refractivity contribution >= 4 is 27.8 Å². The smallest absolute Gasteiger partial charge is 0.0732 e. The van der Waals surface area contributed by atoms with Crippen LogP contribution in [0, 0.1) is 6.92 Å². The van der Waals surface area contributed by atoms with E-state index in [0.717, 1.165) is 17.1 Å². The lowest BCUT2D eigenvalue weighted by Crippen LogP contribution is -2.26. The molecule has 0 fully saturated rings. The molecule has 0 saturated heterocycles. The second-order valence-electron chi connectivity index (χ2n) is 14.9. The largest absolute Gasteiger partial charge is 0.310 e. The first kappa shape index (κ1) is 31.6. The van der Waals surface area contributed by atoms with Crippen LogP contribution >= 0.6 is 0 Å². The normalized spacial score (nSPS) is 13.0. The summed E-state index contributed by atoms with van der Waals surface area (Å²) in [6.07, 6.45) is 0. The van der Waals surface area contributed by atoms with E-state index in [9.17, 15) is 0 Å². The average Bonchev–Trinajstić information content (AvgIpc) is 3.72. The van der Waals surface area contributed by atoms with E-state index in [1.807, 2.05) is 0 Å². The third kappa shape index (κ3) is 4.73. The van der Waals surface area contributed by atoms with Crippen molar-refractivity contribution in [3.05, 3.63) is 234 Å². The van der Waals surface area contributed by atoms with Gasteiger partial charge in [0.25, 0.3) is 0 Å². The Morgan fingerprint density at radius 2 is 0.818 bits per heavy atom. The van der Waals surface area contributed by atoms with Crippen LogP contribution in [0.4, 0.5) is 17.1 Å². The molecule has 2 aliphatic carbocycles. The van der Waals surface area contributed by atoms with Crippen LogP contribution in [0.2, 0.25) is 0 Å². The predicted octanol–water partition coefficient (Wildman–Crippen LogP) is 14.3. The Labute approximate surface area is 322 Å². The van der Waals surface area contributed by atoms with E-state index in [1.54, 1.807) is 0 Å². The Hall–Kier alpha value is -6.96.